The lowest BCUT2D eigenvalue weighted by Gasteiger charge is -2.05. The number of carbonyl (C=O) groups excluding carboxylic acids is 2. The minimum atomic E-state index is -0.648. The van der Waals surface area contributed by atoms with Gasteiger partial charge in [-0.3, -0.25) is 20.4 Å². The third kappa shape index (κ3) is 3.11. The summed E-state index contributed by atoms with van der Waals surface area (Å²) in [7, 11) is 0. The first-order valence-electron chi connectivity index (χ1n) is 6.59. The molecule has 0 spiro atoms. The van der Waals surface area contributed by atoms with Gasteiger partial charge in [-0.1, -0.05) is 17.7 Å². The lowest BCUT2D eigenvalue weighted by Crippen LogP contribution is -2.42. The number of benzene rings is 1. The van der Waals surface area contributed by atoms with Gasteiger partial charge in [-0.2, -0.15) is 4.98 Å². The van der Waals surface area contributed by atoms with Crippen molar-refractivity contribution in [3.63, 3.8) is 0 Å². The van der Waals surface area contributed by atoms with E-state index in [4.69, 9.17) is 11.6 Å². The standard InChI is InChI=1S/C14H11ClN6O2/c1-8-5-6-16-14-17-11(20-21(8)14)13(23)19-18-12(22)9-3-2-4-10(15)7-9/h2-7H,1H3,(H,18,22)(H,19,23). The molecule has 0 fully saturated rings. The van der Waals surface area contributed by atoms with E-state index in [1.165, 1.54) is 10.6 Å². The monoisotopic (exact) mass is 330 g/mol. The second kappa shape index (κ2) is 6.01. The van der Waals surface area contributed by atoms with E-state index in [0.29, 0.717) is 16.4 Å². The summed E-state index contributed by atoms with van der Waals surface area (Å²) in [5, 5.41) is 4.46. The zero-order valence-electron chi connectivity index (χ0n) is 11.9. The van der Waals surface area contributed by atoms with Gasteiger partial charge in [0.05, 0.1) is 0 Å². The molecule has 0 radical (unpaired) electrons. The van der Waals surface area contributed by atoms with Gasteiger partial charge in [0.2, 0.25) is 5.82 Å². The Morgan fingerprint density at radius 2 is 1.96 bits per heavy atom. The largest absolute Gasteiger partial charge is 0.309 e. The molecule has 116 valence electrons. The Bertz CT molecular complexity index is 907. The zero-order chi connectivity index (χ0) is 16.4. The molecule has 8 nitrogen and oxygen atoms in total. The summed E-state index contributed by atoms with van der Waals surface area (Å²) in [5.74, 6) is -0.946. The molecule has 2 N–H and O–H groups in total. The summed E-state index contributed by atoms with van der Waals surface area (Å²) in [6.07, 6.45) is 1.57. The van der Waals surface area contributed by atoms with Crippen molar-refractivity contribution in [3.8, 4) is 0 Å². The molecule has 0 saturated carbocycles. The number of hydrazine groups is 1. The average Bonchev–Trinajstić information content (AvgIpc) is 2.98. The highest BCUT2D eigenvalue weighted by molar-refractivity contribution is 6.30. The van der Waals surface area contributed by atoms with Crippen LogP contribution in [0.2, 0.25) is 5.02 Å². The van der Waals surface area contributed by atoms with Crippen LogP contribution in [0.25, 0.3) is 5.78 Å². The molecule has 0 aliphatic rings. The Morgan fingerprint density at radius 1 is 1.17 bits per heavy atom. The van der Waals surface area contributed by atoms with Crippen LogP contribution in [0.1, 0.15) is 26.7 Å². The topological polar surface area (TPSA) is 101 Å². The molecule has 1 aromatic carbocycles. The smallest absolute Gasteiger partial charge is 0.267 e. The number of aryl methyl sites for hydroxylation is 1. The van der Waals surface area contributed by atoms with Gasteiger partial charge in [-0.25, -0.2) is 9.50 Å². The van der Waals surface area contributed by atoms with E-state index in [1.807, 2.05) is 6.92 Å². The molecular weight excluding hydrogens is 320 g/mol. The van der Waals surface area contributed by atoms with Crippen molar-refractivity contribution in [2.75, 3.05) is 0 Å². The highest BCUT2D eigenvalue weighted by Crippen LogP contribution is 2.10. The van der Waals surface area contributed by atoms with Crippen molar-refractivity contribution < 1.29 is 9.59 Å². The van der Waals surface area contributed by atoms with Crippen molar-refractivity contribution >= 4 is 29.2 Å². The number of amides is 2. The molecule has 0 bridgehead atoms. The van der Waals surface area contributed by atoms with Crippen LogP contribution in [0.5, 0.6) is 0 Å². The van der Waals surface area contributed by atoms with Gasteiger partial charge < -0.3 is 0 Å². The number of rotatable bonds is 2. The minimum absolute atomic E-state index is 0.0989. The van der Waals surface area contributed by atoms with Gasteiger partial charge in [-0.05, 0) is 31.2 Å². The third-order valence-corrected chi connectivity index (χ3v) is 3.24. The van der Waals surface area contributed by atoms with Gasteiger partial charge in [-0.15, -0.1) is 5.10 Å². The fraction of sp³-hybridized carbons (Fsp3) is 0.0714. The molecular formula is C14H11ClN6O2. The second-order valence-electron chi connectivity index (χ2n) is 4.65. The lowest BCUT2D eigenvalue weighted by molar-refractivity contribution is 0.0841. The van der Waals surface area contributed by atoms with E-state index in [9.17, 15) is 9.59 Å². The summed E-state index contributed by atoms with van der Waals surface area (Å²) in [6, 6.07) is 8.08. The van der Waals surface area contributed by atoms with Crippen LogP contribution in [0, 0.1) is 6.92 Å². The van der Waals surface area contributed by atoms with Crippen LogP contribution in [-0.4, -0.2) is 31.4 Å². The quantitative estimate of drug-likeness (QED) is 0.687. The van der Waals surface area contributed by atoms with Gasteiger partial charge in [0.1, 0.15) is 0 Å². The predicted molar refractivity (Wildman–Crippen MR) is 81.9 cm³/mol. The zero-order valence-corrected chi connectivity index (χ0v) is 12.7. The lowest BCUT2D eigenvalue weighted by atomic mass is 10.2. The molecule has 2 amide bonds. The molecule has 3 rings (SSSR count). The first-order valence-corrected chi connectivity index (χ1v) is 6.97. The number of hydrogen-bond donors (Lipinski definition) is 2. The molecule has 2 heterocycles. The molecule has 0 atom stereocenters. The first-order chi connectivity index (χ1) is 11.0. The maximum absolute atomic E-state index is 12.0. The molecule has 0 unspecified atom stereocenters. The van der Waals surface area contributed by atoms with Crippen molar-refractivity contribution in [2.24, 2.45) is 0 Å². The fourth-order valence-electron chi connectivity index (χ4n) is 1.87. The van der Waals surface area contributed by atoms with Crippen molar-refractivity contribution in [1.82, 2.24) is 30.4 Å². The van der Waals surface area contributed by atoms with Crippen LogP contribution in [0.3, 0.4) is 0 Å². The molecule has 3 aromatic rings. The van der Waals surface area contributed by atoms with E-state index in [2.05, 4.69) is 25.9 Å². The molecule has 23 heavy (non-hydrogen) atoms. The van der Waals surface area contributed by atoms with Gasteiger partial charge in [0, 0.05) is 22.5 Å². The van der Waals surface area contributed by atoms with Crippen LogP contribution in [0.15, 0.2) is 36.5 Å². The number of hydrogen-bond acceptors (Lipinski definition) is 5. The highest BCUT2D eigenvalue weighted by atomic mass is 35.5. The van der Waals surface area contributed by atoms with E-state index in [0.717, 1.165) is 5.69 Å². The van der Waals surface area contributed by atoms with Crippen molar-refractivity contribution in [3.05, 3.63) is 58.6 Å². The molecule has 0 aliphatic carbocycles. The number of fused-ring (bicyclic) bond motifs is 1. The average molecular weight is 331 g/mol. The second-order valence-corrected chi connectivity index (χ2v) is 5.09. The number of nitrogens with one attached hydrogen (secondary N) is 2. The molecule has 9 heteroatoms. The SMILES string of the molecule is Cc1ccnc2nc(C(=O)NNC(=O)c3cccc(Cl)c3)nn12. The number of halogens is 1. The Morgan fingerprint density at radius 3 is 2.70 bits per heavy atom. The molecule has 2 aromatic heterocycles. The van der Waals surface area contributed by atoms with E-state index >= 15 is 0 Å². The number of carbonyl (C=O) groups is 2. The van der Waals surface area contributed by atoms with Crippen molar-refractivity contribution in [2.45, 2.75) is 6.92 Å². The fourth-order valence-corrected chi connectivity index (χ4v) is 2.06. The van der Waals surface area contributed by atoms with Gasteiger partial charge >= 0.3 is 5.91 Å². The van der Waals surface area contributed by atoms with Crippen LogP contribution >= 0.6 is 11.6 Å². The Kier molecular flexibility index (Phi) is 3.90. The van der Waals surface area contributed by atoms with E-state index in [-0.39, 0.29) is 5.82 Å². The maximum Gasteiger partial charge on any atom is 0.309 e. The molecule has 0 aliphatic heterocycles. The Balaban J connectivity index is 1.71. The number of aromatic nitrogens is 4. The Labute approximate surface area is 135 Å². The summed E-state index contributed by atoms with van der Waals surface area (Å²) in [4.78, 5) is 31.9. The summed E-state index contributed by atoms with van der Waals surface area (Å²) >= 11 is 5.81. The summed E-state index contributed by atoms with van der Waals surface area (Å²) < 4.78 is 1.44. The van der Waals surface area contributed by atoms with Crippen molar-refractivity contribution in [1.29, 1.82) is 0 Å². The first kappa shape index (κ1) is 14.9. The van der Waals surface area contributed by atoms with Crippen LogP contribution < -0.4 is 10.9 Å². The predicted octanol–water partition coefficient (Wildman–Crippen LogP) is 1.16. The van der Waals surface area contributed by atoms with E-state index < -0.39 is 11.8 Å². The number of nitrogens with zero attached hydrogens (tertiary/aromatic N) is 4. The van der Waals surface area contributed by atoms with Crippen LogP contribution in [-0.2, 0) is 0 Å². The maximum atomic E-state index is 12.0. The third-order valence-electron chi connectivity index (χ3n) is 3.01. The van der Waals surface area contributed by atoms with Gasteiger partial charge in [0.25, 0.3) is 11.7 Å². The van der Waals surface area contributed by atoms with E-state index in [1.54, 1.807) is 30.5 Å². The normalized spacial score (nSPS) is 10.5. The summed E-state index contributed by atoms with van der Waals surface area (Å²) in [5.41, 5.74) is 5.63. The van der Waals surface area contributed by atoms with Crippen LogP contribution in [0.4, 0.5) is 0 Å². The summed E-state index contributed by atoms with van der Waals surface area (Å²) in [6.45, 7) is 1.81. The van der Waals surface area contributed by atoms with Gasteiger partial charge in [0.15, 0.2) is 0 Å². The minimum Gasteiger partial charge on any atom is -0.267 e. The molecule has 0 saturated heterocycles. The highest BCUT2D eigenvalue weighted by Gasteiger charge is 2.15. The Hall–Kier alpha value is -3.00.